The molecule has 0 unspecified atom stereocenters. The van der Waals surface area contributed by atoms with E-state index in [0.29, 0.717) is 13.0 Å². The van der Waals surface area contributed by atoms with Crippen LogP contribution >= 0.6 is 0 Å². The Hall–Kier alpha value is -0.510. The Labute approximate surface area is 83.3 Å². The maximum Gasteiger partial charge on any atom is 0.260 e. The molecule has 0 aromatic carbocycles. The number of alkyl halides is 2. The summed E-state index contributed by atoms with van der Waals surface area (Å²) in [5, 5.41) is 0. The van der Waals surface area contributed by atoms with Gasteiger partial charge in [0.1, 0.15) is 5.78 Å². The van der Waals surface area contributed by atoms with E-state index in [9.17, 15) is 13.6 Å². The van der Waals surface area contributed by atoms with Gasteiger partial charge in [-0.2, -0.15) is 0 Å². The number of hydrogen-bond acceptors (Lipinski definition) is 2. The summed E-state index contributed by atoms with van der Waals surface area (Å²) in [6.45, 7) is 4.13. The van der Waals surface area contributed by atoms with E-state index < -0.39 is 5.92 Å². The monoisotopic (exact) mass is 205 g/mol. The zero-order valence-electron chi connectivity index (χ0n) is 8.72. The summed E-state index contributed by atoms with van der Waals surface area (Å²) in [5.74, 6) is -2.62. The number of halogens is 2. The Morgan fingerprint density at radius 1 is 1.50 bits per heavy atom. The molecule has 0 bridgehead atoms. The first kappa shape index (κ1) is 11.6. The predicted octanol–water partition coefficient (Wildman–Crippen LogP) is 1.94. The molecule has 0 amide bonds. The van der Waals surface area contributed by atoms with Crippen molar-refractivity contribution in [3.63, 3.8) is 0 Å². The summed E-state index contributed by atoms with van der Waals surface area (Å²) >= 11 is 0. The summed E-state index contributed by atoms with van der Waals surface area (Å²) in [5.41, 5.74) is 0. The van der Waals surface area contributed by atoms with Crippen LogP contribution in [-0.4, -0.2) is 36.2 Å². The zero-order valence-corrected chi connectivity index (χ0v) is 8.72. The molecular weight excluding hydrogens is 188 g/mol. The van der Waals surface area contributed by atoms with Crippen molar-refractivity contribution in [2.45, 2.75) is 32.6 Å². The van der Waals surface area contributed by atoms with Crippen LogP contribution in [0.3, 0.4) is 0 Å². The highest BCUT2D eigenvalue weighted by atomic mass is 19.3. The number of hydrogen-bond donors (Lipinski definition) is 0. The maximum absolute atomic E-state index is 13.0. The number of piperidine rings is 1. The fourth-order valence-electron chi connectivity index (χ4n) is 1.58. The molecule has 1 fully saturated rings. The molecule has 82 valence electrons. The maximum atomic E-state index is 13.0. The molecule has 0 N–H and O–H groups in total. The van der Waals surface area contributed by atoms with Gasteiger partial charge in [0.05, 0.1) is 13.1 Å². The van der Waals surface area contributed by atoms with Crippen LogP contribution in [0, 0.1) is 5.92 Å². The van der Waals surface area contributed by atoms with E-state index >= 15 is 0 Å². The molecule has 0 saturated carbocycles. The average molecular weight is 205 g/mol. The quantitative estimate of drug-likeness (QED) is 0.701. The molecule has 0 aromatic heterocycles. The highest BCUT2D eigenvalue weighted by Crippen LogP contribution is 2.26. The van der Waals surface area contributed by atoms with Crippen molar-refractivity contribution in [3.05, 3.63) is 0 Å². The molecule has 0 radical (unpaired) electrons. The van der Waals surface area contributed by atoms with Crippen LogP contribution in [0.15, 0.2) is 0 Å². The molecule has 1 aliphatic heterocycles. The number of nitrogens with zero attached hydrogens (tertiary/aromatic N) is 1. The Balaban J connectivity index is 2.42. The smallest absolute Gasteiger partial charge is 0.260 e. The van der Waals surface area contributed by atoms with Crippen LogP contribution in [0.1, 0.15) is 26.7 Å². The van der Waals surface area contributed by atoms with Gasteiger partial charge in [-0.25, -0.2) is 8.78 Å². The molecule has 0 atom stereocenters. The molecule has 1 saturated heterocycles. The van der Waals surface area contributed by atoms with Gasteiger partial charge in [-0.3, -0.25) is 9.69 Å². The molecule has 0 aromatic rings. The van der Waals surface area contributed by atoms with Crippen molar-refractivity contribution in [1.29, 1.82) is 0 Å². The number of Topliss-reactive ketones (excluding diaryl/α,β-unsaturated/α-hetero) is 1. The lowest BCUT2D eigenvalue weighted by atomic mass is 10.0. The third-order valence-corrected chi connectivity index (χ3v) is 2.50. The third kappa shape index (κ3) is 3.33. The number of ketones is 1. The normalized spacial score (nSPS) is 22.6. The molecule has 2 nitrogen and oxygen atoms in total. The molecule has 0 aliphatic carbocycles. The number of rotatable bonds is 3. The van der Waals surface area contributed by atoms with E-state index in [-0.39, 0.29) is 31.2 Å². The first-order valence-corrected chi connectivity index (χ1v) is 5.03. The topological polar surface area (TPSA) is 20.3 Å². The third-order valence-electron chi connectivity index (χ3n) is 2.50. The number of carbonyl (C=O) groups is 1. The van der Waals surface area contributed by atoms with Crippen LogP contribution in [0.4, 0.5) is 8.78 Å². The standard InChI is InChI=1S/C10H17F2NO/c1-8(2)9(14)6-13-5-3-4-10(11,12)7-13/h8H,3-7H2,1-2H3. The van der Waals surface area contributed by atoms with Gasteiger partial charge in [0.2, 0.25) is 0 Å². The minimum Gasteiger partial charge on any atom is -0.298 e. The Bertz CT molecular complexity index is 216. The predicted molar refractivity (Wildman–Crippen MR) is 50.5 cm³/mol. The first-order valence-electron chi connectivity index (χ1n) is 5.03. The van der Waals surface area contributed by atoms with Crippen LogP contribution in [0.5, 0.6) is 0 Å². The van der Waals surface area contributed by atoms with Gasteiger partial charge in [0.15, 0.2) is 0 Å². The number of likely N-dealkylation sites (tertiary alicyclic amines) is 1. The number of carbonyl (C=O) groups excluding carboxylic acids is 1. The summed E-state index contributed by atoms with van der Waals surface area (Å²) in [6.07, 6.45) is 0.442. The van der Waals surface area contributed by atoms with E-state index in [2.05, 4.69) is 0 Å². The minimum absolute atomic E-state index is 0.0423. The lowest BCUT2D eigenvalue weighted by Crippen LogP contribution is -2.45. The Morgan fingerprint density at radius 3 is 2.64 bits per heavy atom. The van der Waals surface area contributed by atoms with Crippen molar-refractivity contribution in [3.8, 4) is 0 Å². The van der Waals surface area contributed by atoms with E-state index in [4.69, 9.17) is 0 Å². The van der Waals surface area contributed by atoms with Crippen molar-refractivity contribution in [2.24, 2.45) is 5.92 Å². The first-order chi connectivity index (χ1) is 6.41. The molecular formula is C10H17F2NO. The van der Waals surface area contributed by atoms with Crippen LogP contribution < -0.4 is 0 Å². The average Bonchev–Trinajstić information content (AvgIpc) is 2.01. The second-order valence-electron chi connectivity index (χ2n) is 4.29. The molecule has 1 aliphatic rings. The second-order valence-corrected chi connectivity index (χ2v) is 4.29. The second kappa shape index (κ2) is 4.34. The highest BCUT2D eigenvalue weighted by Gasteiger charge is 2.35. The van der Waals surface area contributed by atoms with Crippen LogP contribution in [0.2, 0.25) is 0 Å². The van der Waals surface area contributed by atoms with Gasteiger partial charge >= 0.3 is 0 Å². The lowest BCUT2D eigenvalue weighted by molar-refractivity contribution is -0.126. The van der Waals surface area contributed by atoms with E-state index in [1.165, 1.54) is 0 Å². The van der Waals surface area contributed by atoms with Gasteiger partial charge < -0.3 is 0 Å². The molecule has 14 heavy (non-hydrogen) atoms. The summed E-state index contributed by atoms with van der Waals surface area (Å²) < 4.78 is 25.9. The van der Waals surface area contributed by atoms with Gasteiger partial charge in [-0.1, -0.05) is 13.8 Å². The van der Waals surface area contributed by atoms with Gasteiger partial charge in [0, 0.05) is 12.3 Å². The minimum atomic E-state index is -2.60. The highest BCUT2D eigenvalue weighted by molar-refractivity contribution is 5.82. The Kier molecular flexibility index (Phi) is 3.59. The van der Waals surface area contributed by atoms with Crippen LogP contribution in [-0.2, 0) is 4.79 Å². The van der Waals surface area contributed by atoms with Crippen molar-refractivity contribution >= 4 is 5.78 Å². The molecule has 1 rings (SSSR count). The van der Waals surface area contributed by atoms with Gasteiger partial charge in [-0.15, -0.1) is 0 Å². The van der Waals surface area contributed by atoms with E-state index in [1.807, 2.05) is 0 Å². The van der Waals surface area contributed by atoms with Gasteiger partial charge in [0.25, 0.3) is 5.92 Å². The van der Waals surface area contributed by atoms with Crippen molar-refractivity contribution in [1.82, 2.24) is 4.90 Å². The van der Waals surface area contributed by atoms with E-state index in [1.54, 1.807) is 18.7 Å². The van der Waals surface area contributed by atoms with Gasteiger partial charge in [-0.05, 0) is 13.0 Å². The van der Waals surface area contributed by atoms with Crippen molar-refractivity contribution < 1.29 is 13.6 Å². The fourth-order valence-corrected chi connectivity index (χ4v) is 1.58. The summed E-state index contributed by atoms with van der Waals surface area (Å²) in [6, 6.07) is 0. The van der Waals surface area contributed by atoms with Crippen molar-refractivity contribution in [2.75, 3.05) is 19.6 Å². The summed E-state index contributed by atoms with van der Waals surface area (Å²) in [4.78, 5) is 12.9. The van der Waals surface area contributed by atoms with Crippen LogP contribution in [0.25, 0.3) is 0 Å². The lowest BCUT2D eigenvalue weighted by Gasteiger charge is -2.32. The largest absolute Gasteiger partial charge is 0.298 e. The summed E-state index contributed by atoms with van der Waals surface area (Å²) in [7, 11) is 0. The van der Waals surface area contributed by atoms with E-state index in [0.717, 1.165) is 0 Å². The Morgan fingerprint density at radius 2 is 2.14 bits per heavy atom. The molecule has 0 spiro atoms. The molecule has 4 heteroatoms. The molecule has 1 heterocycles. The fraction of sp³-hybridized carbons (Fsp3) is 0.900. The SMILES string of the molecule is CC(C)C(=O)CN1CCCC(F)(F)C1. The zero-order chi connectivity index (χ0) is 10.8.